The molecular formula is C14H27N5O. The smallest absolute Gasteiger partial charge is 0.158 e. The minimum atomic E-state index is 0.374. The van der Waals surface area contributed by atoms with Gasteiger partial charge in [0.25, 0.3) is 0 Å². The Balaban J connectivity index is 2.31. The molecule has 0 saturated carbocycles. The fourth-order valence-electron chi connectivity index (χ4n) is 1.76. The first kappa shape index (κ1) is 16.7. The predicted molar refractivity (Wildman–Crippen MR) is 82.6 cm³/mol. The molecular weight excluding hydrogens is 254 g/mol. The quantitative estimate of drug-likeness (QED) is 0.671. The molecule has 0 atom stereocenters. The molecule has 1 aromatic rings. The fourth-order valence-corrected chi connectivity index (χ4v) is 1.76. The van der Waals surface area contributed by atoms with Crippen molar-refractivity contribution in [3.63, 3.8) is 0 Å². The van der Waals surface area contributed by atoms with Gasteiger partial charge in [-0.05, 0) is 40.3 Å². The highest BCUT2D eigenvalue weighted by Gasteiger charge is 2.03. The van der Waals surface area contributed by atoms with Gasteiger partial charge in [0, 0.05) is 25.8 Å². The van der Waals surface area contributed by atoms with E-state index in [2.05, 4.69) is 41.1 Å². The van der Waals surface area contributed by atoms with E-state index in [-0.39, 0.29) is 0 Å². The number of nitrogens with one attached hydrogen (secondary N) is 1. The second-order valence-corrected chi connectivity index (χ2v) is 5.24. The molecule has 114 valence electrons. The van der Waals surface area contributed by atoms with Crippen molar-refractivity contribution in [1.82, 2.24) is 14.9 Å². The second kappa shape index (κ2) is 8.71. The summed E-state index contributed by atoms with van der Waals surface area (Å²) in [6.45, 7) is 6.78. The predicted octanol–water partition coefficient (Wildman–Crippen LogP) is 1.74. The van der Waals surface area contributed by atoms with Crippen molar-refractivity contribution in [1.29, 1.82) is 0 Å². The average Bonchev–Trinajstić information content (AvgIpc) is 2.37. The normalized spacial score (nSPS) is 11.3. The summed E-state index contributed by atoms with van der Waals surface area (Å²) in [5, 5.41) is 3.28. The molecule has 1 aromatic heterocycles. The monoisotopic (exact) mass is 281 g/mol. The largest absolute Gasteiger partial charge is 0.384 e. The second-order valence-electron chi connectivity index (χ2n) is 5.24. The molecule has 6 heteroatoms. The SMILES string of the molecule is COCc1nc(N)cc(NCCCCN(C)C(C)C)n1. The number of hydrogen-bond donors (Lipinski definition) is 2. The Hall–Kier alpha value is -1.40. The summed E-state index contributed by atoms with van der Waals surface area (Å²) in [5.41, 5.74) is 5.74. The molecule has 0 aromatic carbocycles. The number of hydrogen-bond acceptors (Lipinski definition) is 6. The third-order valence-electron chi connectivity index (χ3n) is 3.19. The van der Waals surface area contributed by atoms with Crippen LogP contribution >= 0.6 is 0 Å². The molecule has 0 amide bonds. The highest BCUT2D eigenvalue weighted by molar-refractivity contribution is 5.44. The number of nitrogens with zero attached hydrogens (tertiary/aromatic N) is 3. The molecule has 0 fully saturated rings. The van der Waals surface area contributed by atoms with Gasteiger partial charge in [0.1, 0.15) is 18.2 Å². The van der Waals surface area contributed by atoms with Gasteiger partial charge in [0.2, 0.25) is 0 Å². The van der Waals surface area contributed by atoms with Gasteiger partial charge < -0.3 is 20.7 Å². The Morgan fingerprint density at radius 1 is 1.35 bits per heavy atom. The van der Waals surface area contributed by atoms with E-state index >= 15 is 0 Å². The van der Waals surface area contributed by atoms with E-state index in [0.717, 1.165) is 31.7 Å². The Morgan fingerprint density at radius 2 is 2.10 bits per heavy atom. The van der Waals surface area contributed by atoms with Crippen LogP contribution in [0, 0.1) is 0 Å². The van der Waals surface area contributed by atoms with Crippen LogP contribution in [0.2, 0.25) is 0 Å². The number of aromatic nitrogens is 2. The van der Waals surface area contributed by atoms with E-state index in [9.17, 15) is 0 Å². The van der Waals surface area contributed by atoms with Crippen LogP contribution in [0.1, 0.15) is 32.5 Å². The Bertz CT molecular complexity index is 397. The summed E-state index contributed by atoms with van der Waals surface area (Å²) in [4.78, 5) is 10.8. The average molecular weight is 281 g/mol. The maximum absolute atomic E-state index is 5.74. The topological polar surface area (TPSA) is 76.3 Å². The molecule has 3 N–H and O–H groups in total. The lowest BCUT2D eigenvalue weighted by molar-refractivity contribution is 0.178. The highest BCUT2D eigenvalue weighted by Crippen LogP contribution is 2.09. The number of anilines is 2. The van der Waals surface area contributed by atoms with E-state index in [0.29, 0.717) is 24.3 Å². The molecule has 0 aliphatic carbocycles. The molecule has 0 spiro atoms. The van der Waals surface area contributed by atoms with Crippen molar-refractivity contribution in [2.24, 2.45) is 0 Å². The van der Waals surface area contributed by atoms with Gasteiger partial charge in [-0.1, -0.05) is 0 Å². The number of nitrogens with two attached hydrogens (primary N) is 1. The molecule has 0 saturated heterocycles. The Kier molecular flexibility index (Phi) is 7.25. The van der Waals surface area contributed by atoms with Crippen molar-refractivity contribution in [3.05, 3.63) is 11.9 Å². The van der Waals surface area contributed by atoms with Gasteiger partial charge in [-0.3, -0.25) is 0 Å². The van der Waals surface area contributed by atoms with Crippen LogP contribution in [0.3, 0.4) is 0 Å². The molecule has 0 aliphatic rings. The summed E-state index contributed by atoms with van der Waals surface area (Å²) in [6.07, 6.45) is 2.26. The van der Waals surface area contributed by atoms with Crippen LogP contribution in [-0.4, -0.2) is 48.2 Å². The van der Waals surface area contributed by atoms with Gasteiger partial charge in [-0.25, -0.2) is 9.97 Å². The van der Waals surface area contributed by atoms with Gasteiger partial charge in [-0.2, -0.15) is 0 Å². The fraction of sp³-hybridized carbons (Fsp3) is 0.714. The number of ether oxygens (including phenoxy) is 1. The first-order chi connectivity index (χ1) is 9.52. The molecule has 0 aliphatic heterocycles. The number of unbranched alkanes of at least 4 members (excludes halogenated alkanes) is 1. The van der Waals surface area contributed by atoms with Crippen molar-refractivity contribution in [3.8, 4) is 0 Å². The lowest BCUT2D eigenvalue weighted by Gasteiger charge is -2.20. The molecule has 6 nitrogen and oxygen atoms in total. The minimum Gasteiger partial charge on any atom is -0.384 e. The van der Waals surface area contributed by atoms with E-state index in [1.54, 1.807) is 13.2 Å². The van der Waals surface area contributed by atoms with Crippen LogP contribution in [-0.2, 0) is 11.3 Å². The highest BCUT2D eigenvalue weighted by atomic mass is 16.5. The summed E-state index contributed by atoms with van der Waals surface area (Å²) >= 11 is 0. The van der Waals surface area contributed by atoms with Crippen LogP contribution in [0.25, 0.3) is 0 Å². The summed E-state index contributed by atoms with van der Waals surface area (Å²) in [6, 6.07) is 2.35. The van der Waals surface area contributed by atoms with Gasteiger partial charge >= 0.3 is 0 Å². The van der Waals surface area contributed by atoms with Gasteiger partial charge in [-0.15, -0.1) is 0 Å². The zero-order chi connectivity index (χ0) is 15.0. The molecule has 0 unspecified atom stereocenters. The molecule has 20 heavy (non-hydrogen) atoms. The first-order valence-electron chi connectivity index (χ1n) is 7.09. The molecule has 1 heterocycles. The third-order valence-corrected chi connectivity index (χ3v) is 3.19. The van der Waals surface area contributed by atoms with Crippen LogP contribution in [0.15, 0.2) is 6.07 Å². The molecule has 0 radical (unpaired) electrons. The lowest BCUT2D eigenvalue weighted by atomic mass is 10.2. The maximum Gasteiger partial charge on any atom is 0.158 e. The number of rotatable bonds is 9. The van der Waals surface area contributed by atoms with E-state index in [1.807, 2.05) is 0 Å². The van der Waals surface area contributed by atoms with Crippen LogP contribution in [0.5, 0.6) is 0 Å². The zero-order valence-electron chi connectivity index (χ0n) is 13.0. The van der Waals surface area contributed by atoms with Crippen molar-refractivity contribution in [2.45, 2.75) is 39.3 Å². The molecule has 1 rings (SSSR count). The summed E-state index contributed by atoms with van der Waals surface area (Å²) in [5.74, 6) is 1.84. The van der Waals surface area contributed by atoms with E-state index < -0.39 is 0 Å². The minimum absolute atomic E-state index is 0.374. The standard InChI is InChI=1S/C14H27N5O/c1-11(2)19(3)8-6-5-7-16-13-9-12(15)17-14(18-13)10-20-4/h9,11H,5-8,10H2,1-4H3,(H3,15,16,17,18). The lowest BCUT2D eigenvalue weighted by Crippen LogP contribution is -2.27. The molecule has 0 bridgehead atoms. The third kappa shape index (κ3) is 6.16. The van der Waals surface area contributed by atoms with E-state index in [4.69, 9.17) is 10.5 Å². The maximum atomic E-state index is 5.74. The van der Waals surface area contributed by atoms with Gasteiger partial charge in [0.15, 0.2) is 5.82 Å². The zero-order valence-corrected chi connectivity index (χ0v) is 13.0. The Labute approximate surface area is 121 Å². The van der Waals surface area contributed by atoms with E-state index in [1.165, 1.54) is 0 Å². The van der Waals surface area contributed by atoms with Crippen molar-refractivity contribution >= 4 is 11.6 Å². The van der Waals surface area contributed by atoms with Crippen LogP contribution < -0.4 is 11.1 Å². The first-order valence-corrected chi connectivity index (χ1v) is 7.09. The summed E-state index contributed by atoms with van der Waals surface area (Å²) < 4.78 is 5.02. The number of methoxy groups -OCH3 is 1. The van der Waals surface area contributed by atoms with Gasteiger partial charge in [0.05, 0.1) is 0 Å². The van der Waals surface area contributed by atoms with Crippen molar-refractivity contribution in [2.75, 3.05) is 38.3 Å². The van der Waals surface area contributed by atoms with Crippen LogP contribution in [0.4, 0.5) is 11.6 Å². The summed E-state index contributed by atoms with van der Waals surface area (Å²) in [7, 11) is 3.77. The number of nitrogen functional groups attached to an aromatic ring is 1. The van der Waals surface area contributed by atoms with Crippen molar-refractivity contribution < 1.29 is 4.74 Å². The Morgan fingerprint density at radius 3 is 2.75 bits per heavy atom.